The van der Waals surface area contributed by atoms with Crippen LogP contribution in [0.15, 0.2) is 52.0 Å². The van der Waals surface area contributed by atoms with Gasteiger partial charge in [-0.2, -0.15) is 0 Å². The number of methoxy groups -OCH3 is 1. The largest absolute Gasteiger partial charge is 0.495 e. The van der Waals surface area contributed by atoms with Crippen LogP contribution in [-0.2, 0) is 10.0 Å². The van der Waals surface area contributed by atoms with E-state index in [1.165, 1.54) is 20.0 Å². The molecule has 0 saturated carbocycles. The van der Waals surface area contributed by atoms with E-state index in [0.29, 0.717) is 17.0 Å². The molecule has 1 fully saturated rings. The smallest absolute Gasteiger partial charge is 0.265 e. The molecule has 1 aliphatic rings. The number of fused-ring (bicyclic) bond motifs is 1. The van der Waals surface area contributed by atoms with Gasteiger partial charge in [0.1, 0.15) is 10.6 Å². The zero-order chi connectivity index (χ0) is 21.1. The van der Waals surface area contributed by atoms with Crippen LogP contribution in [0.25, 0.3) is 11.0 Å². The molecule has 0 spiro atoms. The van der Waals surface area contributed by atoms with Crippen molar-refractivity contribution in [2.75, 3.05) is 43.3 Å². The summed E-state index contributed by atoms with van der Waals surface area (Å²) in [6.45, 7) is 5.82. The molecule has 0 unspecified atom stereocenters. The van der Waals surface area contributed by atoms with Crippen molar-refractivity contribution in [3.63, 3.8) is 0 Å². The van der Waals surface area contributed by atoms with Crippen molar-refractivity contribution in [1.82, 2.24) is 4.90 Å². The van der Waals surface area contributed by atoms with Crippen molar-refractivity contribution in [1.29, 1.82) is 0 Å². The lowest BCUT2D eigenvalue weighted by atomic mass is 10.2. The fourth-order valence-corrected chi connectivity index (χ4v) is 5.13. The molecule has 2 heterocycles. The van der Waals surface area contributed by atoms with Crippen molar-refractivity contribution < 1.29 is 17.6 Å². The lowest BCUT2D eigenvalue weighted by Gasteiger charge is -2.16. The number of furan rings is 1. The molecule has 0 amide bonds. The maximum Gasteiger partial charge on any atom is 0.265 e. The highest BCUT2D eigenvalue weighted by atomic mass is 32.2. The predicted molar refractivity (Wildman–Crippen MR) is 119 cm³/mol. The first-order valence-electron chi connectivity index (χ1n) is 10.1. The van der Waals surface area contributed by atoms with Gasteiger partial charge in [-0.15, -0.1) is 0 Å². The van der Waals surface area contributed by atoms with Crippen LogP contribution in [0.3, 0.4) is 0 Å². The van der Waals surface area contributed by atoms with Gasteiger partial charge in [0.15, 0.2) is 5.58 Å². The van der Waals surface area contributed by atoms with Crippen molar-refractivity contribution >= 4 is 32.4 Å². The molecule has 0 bridgehead atoms. The van der Waals surface area contributed by atoms with Gasteiger partial charge in [-0.05, 0) is 68.8 Å². The number of sulfonamides is 1. The Bertz CT molecular complexity index is 1130. The van der Waals surface area contributed by atoms with Gasteiger partial charge in [-0.1, -0.05) is 6.07 Å². The third-order valence-electron chi connectivity index (χ3n) is 5.35. The van der Waals surface area contributed by atoms with Crippen molar-refractivity contribution in [2.24, 2.45) is 0 Å². The zero-order valence-electron chi connectivity index (χ0n) is 17.3. The van der Waals surface area contributed by atoms with Gasteiger partial charge < -0.3 is 19.4 Å². The molecule has 160 valence electrons. The number of hydrogen-bond donors (Lipinski definition) is 2. The molecule has 8 heteroatoms. The number of ether oxygens (including phenoxy) is 1. The fraction of sp³-hybridized carbons (Fsp3) is 0.364. The highest BCUT2D eigenvalue weighted by Crippen LogP contribution is 2.32. The summed E-state index contributed by atoms with van der Waals surface area (Å²) in [5.74, 6) is 0.307. The second-order valence-corrected chi connectivity index (χ2v) is 9.25. The maximum absolute atomic E-state index is 13.1. The van der Waals surface area contributed by atoms with Crippen LogP contribution < -0.4 is 14.8 Å². The van der Waals surface area contributed by atoms with E-state index in [2.05, 4.69) is 14.9 Å². The molecule has 7 nitrogen and oxygen atoms in total. The maximum atomic E-state index is 13.1. The molecular weight excluding hydrogens is 402 g/mol. The number of nitrogens with one attached hydrogen (secondary N) is 2. The van der Waals surface area contributed by atoms with E-state index in [9.17, 15) is 8.42 Å². The van der Waals surface area contributed by atoms with Gasteiger partial charge in [0.2, 0.25) is 0 Å². The van der Waals surface area contributed by atoms with Gasteiger partial charge in [0, 0.05) is 18.5 Å². The number of nitrogens with zero attached hydrogens (tertiary/aromatic N) is 1. The molecule has 0 aliphatic carbocycles. The van der Waals surface area contributed by atoms with E-state index >= 15 is 0 Å². The molecular formula is C22H27N3O4S. The summed E-state index contributed by atoms with van der Waals surface area (Å²) in [7, 11) is -2.36. The summed E-state index contributed by atoms with van der Waals surface area (Å²) >= 11 is 0. The fourth-order valence-electron chi connectivity index (χ4n) is 3.83. The standard InChI is InChI=1S/C22H27N3O4S/c1-16-5-6-20(28-2)21(13-16)30(26,27)24-18-14-17-7-12-29-22(17)19(15-18)23-8-11-25-9-3-4-10-25/h5-7,12-15,23-24H,3-4,8-11H2,1-2H3. The van der Waals surface area contributed by atoms with E-state index in [4.69, 9.17) is 9.15 Å². The summed E-state index contributed by atoms with van der Waals surface area (Å²) in [4.78, 5) is 2.53. The Morgan fingerprint density at radius 2 is 1.93 bits per heavy atom. The van der Waals surface area contributed by atoms with Crippen LogP contribution in [0.5, 0.6) is 5.75 Å². The predicted octanol–water partition coefficient (Wildman–Crippen LogP) is 4.06. The number of benzene rings is 2. The molecule has 1 aromatic heterocycles. The first-order chi connectivity index (χ1) is 14.5. The lowest BCUT2D eigenvalue weighted by Crippen LogP contribution is -2.26. The van der Waals surface area contributed by atoms with Crippen LogP contribution in [0.2, 0.25) is 0 Å². The van der Waals surface area contributed by atoms with Crippen LogP contribution in [0.1, 0.15) is 18.4 Å². The summed E-state index contributed by atoms with van der Waals surface area (Å²) in [5, 5.41) is 4.23. The van der Waals surface area contributed by atoms with E-state index < -0.39 is 10.0 Å². The average molecular weight is 430 g/mol. The Hall–Kier alpha value is -2.71. The molecule has 2 aromatic carbocycles. The van der Waals surface area contributed by atoms with Crippen molar-refractivity contribution in [3.8, 4) is 5.75 Å². The molecule has 30 heavy (non-hydrogen) atoms. The minimum atomic E-state index is -3.82. The Morgan fingerprint density at radius 1 is 1.13 bits per heavy atom. The average Bonchev–Trinajstić information content (AvgIpc) is 3.39. The van der Waals surface area contributed by atoms with Gasteiger partial charge in [-0.3, -0.25) is 4.72 Å². The minimum absolute atomic E-state index is 0.112. The highest BCUT2D eigenvalue weighted by Gasteiger charge is 2.21. The van der Waals surface area contributed by atoms with Gasteiger partial charge >= 0.3 is 0 Å². The molecule has 1 aliphatic heterocycles. The normalized spacial score (nSPS) is 14.9. The zero-order valence-corrected chi connectivity index (χ0v) is 18.1. The molecule has 1 saturated heterocycles. The SMILES string of the molecule is COc1ccc(C)cc1S(=O)(=O)Nc1cc(NCCN2CCCC2)c2occc2c1. The molecule has 3 aromatic rings. The third-order valence-corrected chi connectivity index (χ3v) is 6.76. The summed E-state index contributed by atoms with van der Waals surface area (Å²) < 4.78 is 39.7. The first-order valence-corrected chi connectivity index (χ1v) is 11.6. The van der Waals surface area contributed by atoms with Crippen molar-refractivity contribution in [3.05, 3.63) is 48.2 Å². The third kappa shape index (κ3) is 4.39. The molecule has 0 atom stereocenters. The van der Waals surface area contributed by atoms with E-state index in [0.717, 1.165) is 42.8 Å². The van der Waals surface area contributed by atoms with Crippen LogP contribution in [-0.4, -0.2) is 46.6 Å². The van der Waals surface area contributed by atoms with E-state index in [1.54, 1.807) is 30.5 Å². The summed E-state index contributed by atoms with van der Waals surface area (Å²) in [5.41, 5.74) is 2.79. The Labute approximate surface area is 177 Å². The Morgan fingerprint density at radius 3 is 2.70 bits per heavy atom. The monoisotopic (exact) mass is 429 g/mol. The quantitative estimate of drug-likeness (QED) is 0.562. The number of anilines is 2. The molecule has 0 radical (unpaired) electrons. The summed E-state index contributed by atoms with van der Waals surface area (Å²) in [6.07, 6.45) is 4.11. The minimum Gasteiger partial charge on any atom is -0.495 e. The van der Waals surface area contributed by atoms with Crippen molar-refractivity contribution in [2.45, 2.75) is 24.7 Å². The number of likely N-dealkylation sites (tertiary alicyclic amines) is 1. The van der Waals surface area contributed by atoms with Crippen LogP contribution in [0.4, 0.5) is 11.4 Å². The number of aryl methyl sites for hydroxylation is 1. The highest BCUT2D eigenvalue weighted by molar-refractivity contribution is 7.92. The lowest BCUT2D eigenvalue weighted by molar-refractivity contribution is 0.352. The van der Waals surface area contributed by atoms with Crippen LogP contribution in [0, 0.1) is 6.92 Å². The summed E-state index contributed by atoms with van der Waals surface area (Å²) in [6, 6.07) is 10.4. The number of hydrogen-bond acceptors (Lipinski definition) is 6. The second-order valence-electron chi connectivity index (χ2n) is 7.60. The van der Waals surface area contributed by atoms with Gasteiger partial charge in [-0.25, -0.2) is 8.42 Å². The number of rotatable bonds is 8. The van der Waals surface area contributed by atoms with E-state index in [-0.39, 0.29) is 4.90 Å². The van der Waals surface area contributed by atoms with Gasteiger partial charge in [0.25, 0.3) is 10.0 Å². The molecule has 2 N–H and O–H groups in total. The van der Waals surface area contributed by atoms with Gasteiger partial charge in [0.05, 0.1) is 24.7 Å². The first kappa shape index (κ1) is 20.6. The second kappa shape index (κ2) is 8.57. The molecule has 4 rings (SSSR count). The van der Waals surface area contributed by atoms with Crippen LogP contribution >= 0.6 is 0 Å². The van der Waals surface area contributed by atoms with E-state index in [1.807, 2.05) is 19.1 Å². The Balaban J connectivity index is 1.59. The Kier molecular flexibility index (Phi) is 5.87. The topological polar surface area (TPSA) is 83.8 Å².